The van der Waals surface area contributed by atoms with Crippen LogP contribution in [-0.2, 0) is 5.75 Å². The topological polar surface area (TPSA) is 140 Å². The maximum absolute atomic E-state index is 9.87. The number of nitriles is 3. The van der Waals surface area contributed by atoms with Crippen molar-refractivity contribution in [1.82, 2.24) is 4.98 Å². The molecule has 0 aliphatic heterocycles. The number of thioether (sulfide) groups is 1. The molecule has 0 atom stereocenters. The second-order valence-electron chi connectivity index (χ2n) is 6.35. The van der Waals surface area contributed by atoms with Crippen molar-refractivity contribution in [2.45, 2.75) is 10.8 Å². The minimum absolute atomic E-state index is 0.0467. The molecule has 0 saturated carbocycles. The number of hydrogen-bond donors (Lipinski definition) is 2. The van der Waals surface area contributed by atoms with E-state index in [1.807, 2.05) is 6.07 Å². The molecule has 0 saturated heterocycles. The molecule has 0 fully saturated rings. The van der Waals surface area contributed by atoms with Gasteiger partial charge in [0.05, 0.1) is 23.8 Å². The molecule has 0 amide bonds. The minimum atomic E-state index is -0.0995. The minimum Gasteiger partial charge on any atom is -0.491 e. The maximum Gasteiger partial charge on any atom is 0.143 e. The number of aromatic nitrogens is 1. The summed E-state index contributed by atoms with van der Waals surface area (Å²) in [4.78, 5) is 4.29. The van der Waals surface area contributed by atoms with E-state index < -0.39 is 0 Å². The highest BCUT2D eigenvalue weighted by molar-refractivity contribution is 7.98. The predicted molar refractivity (Wildman–Crippen MR) is 117 cm³/mol. The van der Waals surface area contributed by atoms with E-state index in [1.54, 1.807) is 42.5 Å². The van der Waals surface area contributed by atoms with Gasteiger partial charge in [-0.3, -0.25) is 0 Å². The summed E-state index contributed by atoms with van der Waals surface area (Å²) in [6.45, 7) is 0.0693. The van der Waals surface area contributed by atoms with Crippen molar-refractivity contribution in [1.29, 1.82) is 15.8 Å². The average Bonchev–Trinajstić information content (AvgIpc) is 2.81. The largest absolute Gasteiger partial charge is 0.491 e. The number of benzene rings is 2. The lowest BCUT2D eigenvalue weighted by Gasteiger charge is -2.13. The molecule has 2 aromatic carbocycles. The monoisotopic (exact) mass is 427 g/mol. The van der Waals surface area contributed by atoms with E-state index in [1.165, 1.54) is 11.8 Å². The van der Waals surface area contributed by atoms with Crippen LogP contribution in [0.25, 0.3) is 11.1 Å². The summed E-state index contributed by atoms with van der Waals surface area (Å²) in [6.07, 6.45) is 0. The summed E-state index contributed by atoms with van der Waals surface area (Å²) in [5.41, 5.74) is 8.95. The molecule has 0 spiro atoms. The van der Waals surface area contributed by atoms with Gasteiger partial charge in [0.2, 0.25) is 0 Å². The van der Waals surface area contributed by atoms with Crippen molar-refractivity contribution in [3.05, 3.63) is 70.8 Å². The Morgan fingerprint density at radius 2 is 1.74 bits per heavy atom. The lowest BCUT2D eigenvalue weighted by Crippen LogP contribution is -2.04. The Morgan fingerprint density at radius 1 is 1.00 bits per heavy atom. The van der Waals surface area contributed by atoms with Crippen LogP contribution in [0.5, 0.6) is 5.75 Å². The Bertz CT molecular complexity index is 1220. The van der Waals surface area contributed by atoms with E-state index in [0.717, 1.165) is 5.56 Å². The summed E-state index contributed by atoms with van der Waals surface area (Å²) in [5, 5.41) is 37.9. The van der Waals surface area contributed by atoms with Gasteiger partial charge < -0.3 is 15.6 Å². The van der Waals surface area contributed by atoms with Gasteiger partial charge >= 0.3 is 0 Å². The Labute approximate surface area is 184 Å². The summed E-state index contributed by atoms with van der Waals surface area (Å²) in [7, 11) is 0. The predicted octanol–water partition coefficient (Wildman–Crippen LogP) is 3.61. The molecule has 0 bridgehead atoms. The van der Waals surface area contributed by atoms with Gasteiger partial charge in [-0.1, -0.05) is 24.3 Å². The number of ether oxygens (including phenoxy) is 1. The summed E-state index contributed by atoms with van der Waals surface area (Å²) in [6, 6.07) is 20.4. The van der Waals surface area contributed by atoms with Crippen molar-refractivity contribution in [2.24, 2.45) is 0 Å². The fraction of sp³-hybridized carbons (Fsp3) is 0.130. The first-order chi connectivity index (χ1) is 15.1. The molecule has 0 aliphatic carbocycles. The van der Waals surface area contributed by atoms with E-state index in [2.05, 4.69) is 23.2 Å². The number of hydrogen-bond acceptors (Lipinski definition) is 8. The van der Waals surface area contributed by atoms with Crippen molar-refractivity contribution in [3.63, 3.8) is 0 Å². The molecule has 1 aromatic heterocycles. The Balaban J connectivity index is 2.01. The van der Waals surface area contributed by atoms with Crippen LogP contribution >= 0.6 is 11.8 Å². The van der Waals surface area contributed by atoms with Crippen LogP contribution in [0.3, 0.4) is 0 Å². The van der Waals surface area contributed by atoms with Gasteiger partial charge in [-0.2, -0.15) is 15.8 Å². The number of aliphatic hydroxyl groups is 1. The Morgan fingerprint density at radius 3 is 2.39 bits per heavy atom. The lowest BCUT2D eigenvalue weighted by molar-refractivity contribution is 0.201. The zero-order valence-corrected chi connectivity index (χ0v) is 17.2. The third-order valence-electron chi connectivity index (χ3n) is 4.35. The number of pyridine rings is 1. The molecule has 0 radical (unpaired) electrons. The molecule has 31 heavy (non-hydrogen) atoms. The third-order valence-corrected chi connectivity index (χ3v) is 5.40. The fourth-order valence-corrected chi connectivity index (χ4v) is 3.89. The van der Waals surface area contributed by atoms with Gasteiger partial charge in [0, 0.05) is 11.3 Å². The molecule has 3 N–H and O–H groups in total. The molecular formula is C23H17N5O2S. The number of nitrogen functional groups attached to an aromatic ring is 1. The molecule has 3 rings (SSSR count). The SMILES string of the molecule is N#Cc1cccc(CSc2nc(N)c(C#N)c(-c3ccc(OCCO)cc3)c2C#N)c1. The number of rotatable bonds is 7. The first kappa shape index (κ1) is 21.7. The van der Waals surface area contributed by atoms with Crippen molar-refractivity contribution < 1.29 is 9.84 Å². The molecule has 0 aliphatic rings. The summed E-state index contributed by atoms with van der Waals surface area (Å²) in [5.74, 6) is 1.09. The van der Waals surface area contributed by atoms with Crippen LogP contribution in [-0.4, -0.2) is 23.3 Å². The average molecular weight is 427 g/mol. The van der Waals surface area contributed by atoms with E-state index in [9.17, 15) is 10.5 Å². The van der Waals surface area contributed by atoms with E-state index in [-0.39, 0.29) is 30.2 Å². The standard InChI is InChI=1S/C23H17N5O2S/c24-11-15-2-1-3-16(10-15)14-31-23-20(13-26)21(19(12-25)22(27)28-23)17-4-6-18(7-5-17)30-9-8-29/h1-7,10,29H,8-9,14H2,(H2,27,28). The van der Waals surface area contributed by atoms with Gasteiger partial charge in [-0.25, -0.2) is 4.98 Å². The molecule has 3 aromatic rings. The number of anilines is 1. The Kier molecular flexibility index (Phi) is 7.09. The van der Waals surface area contributed by atoms with E-state index in [4.69, 9.17) is 20.8 Å². The van der Waals surface area contributed by atoms with Crippen LogP contribution in [0.1, 0.15) is 22.3 Å². The molecule has 152 valence electrons. The maximum atomic E-state index is 9.87. The molecule has 7 nitrogen and oxygen atoms in total. The highest BCUT2D eigenvalue weighted by Gasteiger charge is 2.20. The van der Waals surface area contributed by atoms with Gasteiger partial charge in [-0.15, -0.1) is 11.8 Å². The van der Waals surface area contributed by atoms with Crippen molar-refractivity contribution in [3.8, 4) is 35.1 Å². The van der Waals surface area contributed by atoms with Gasteiger partial charge in [0.15, 0.2) is 0 Å². The number of aliphatic hydroxyl groups excluding tert-OH is 1. The van der Waals surface area contributed by atoms with Gasteiger partial charge in [0.25, 0.3) is 0 Å². The van der Waals surface area contributed by atoms with Crippen LogP contribution in [0.2, 0.25) is 0 Å². The number of nitrogens with two attached hydrogens (primary N) is 1. The Hall–Kier alpha value is -4.03. The van der Waals surface area contributed by atoms with Crippen LogP contribution in [0.4, 0.5) is 5.82 Å². The second kappa shape index (κ2) is 10.1. The molecule has 1 heterocycles. The molecule has 8 heteroatoms. The molecular weight excluding hydrogens is 410 g/mol. The summed E-state index contributed by atoms with van der Waals surface area (Å²) < 4.78 is 5.37. The molecule has 0 unspecified atom stereocenters. The van der Waals surface area contributed by atoms with Crippen molar-refractivity contribution in [2.75, 3.05) is 18.9 Å². The van der Waals surface area contributed by atoms with E-state index >= 15 is 0 Å². The zero-order chi connectivity index (χ0) is 22.2. The van der Waals surface area contributed by atoms with Crippen LogP contribution in [0, 0.1) is 34.0 Å². The van der Waals surface area contributed by atoms with Gasteiger partial charge in [-0.05, 0) is 35.4 Å². The zero-order valence-electron chi connectivity index (χ0n) is 16.4. The number of nitrogens with zero attached hydrogens (tertiary/aromatic N) is 4. The first-order valence-corrected chi connectivity index (χ1v) is 10.2. The van der Waals surface area contributed by atoms with Crippen LogP contribution < -0.4 is 10.5 Å². The van der Waals surface area contributed by atoms with Crippen molar-refractivity contribution >= 4 is 17.6 Å². The van der Waals surface area contributed by atoms with Crippen LogP contribution in [0.15, 0.2) is 53.6 Å². The second-order valence-corrected chi connectivity index (χ2v) is 7.31. The van der Waals surface area contributed by atoms with E-state index in [0.29, 0.717) is 33.2 Å². The smallest absolute Gasteiger partial charge is 0.143 e. The highest BCUT2D eigenvalue weighted by atomic mass is 32.2. The highest BCUT2D eigenvalue weighted by Crippen LogP contribution is 2.37. The quantitative estimate of drug-likeness (QED) is 0.545. The lowest BCUT2D eigenvalue weighted by atomic mass is 9.97. The fourth-order valence-electron chi connectivity index (χ4n) is 2.95. The first-order valence-electron chi connectivity index (χ1n) is 9.20. The summed E-state index contributed by atoms with van der Waals surface area (Å²) >= 11 is 1.32. The van der Waals surface area contributed by atoms with Gasteiger partial charge in [0.1, 0.15) is 40.9 Å². The normalized spacial score (nSPS) is 10.0. The third kappa shape index (κ3) is 4.94.